The normalized spacial score (nSPS) is 11.6. The molecule has 0 aliphatic rings. The molecule has 0 unspecified atom stereocenters. The first-order valence-electron chi connectivity index (χ1n) is 7.78. The van der Waals surface area contributed by atoms with Crippen LogP contribution in [0.25, 0.3) is 0 Å². The van der Waals surface area contributed by atoms with Crippen LogP contribution in [0.4, 0.5) is 0 Å². The van der Waals surface area contributed by atoms with E-state index in [0.29, 0.717) is 17.4 Å². The van der Waals surface area contributed by atoms with E-state index in [9.17, 15) is 4.79 Å². The number of amides is 1. The Morgan fingerprint density at radius 1 is 1.17 bits per heavy atom. The maximum atomic E-state index is 11.7. The van der Waals surface area contributed by atoms with Crippen molar-refractivity contribution >= 4 is 5.91 Å². The number of nitrogens with one attached hydrogen (secondary N) is 1. The molecule has 1 atom stereocenters. The van der Waals surface area contributed by atoms with Gasteiger partial charge in [0, 0.05) is 18.3 Å². The highest BCUT2D eigenvalue weighted by Gasteiger charge is 2.07. The molecule has 0 saturated carbocycles. The van der Waals surface area contributed by atoms with Gasteiger partial charge in [-0.2, -0.15) is 0 Å². The van der Waals surface area contributed by atoms with Gasteiger partial charge in [0.25, 0.3) is 5.91 Å². The van der Waals surface area contributed by atoms with E-state index in [1.165, 1.54) is 0 Å². The van der Waals surface area contributed by atoms with Gasteiger partial charge in [0.2, 0.25) is 5.88 Å². The molecule has 0 spiro atoms. The minimum absolute atomic E-state index is 0.00843. The van der Waals surface area contributed by atoms with Crippen LogP contribution in [0.3, 0.4) is 0 Å². The van der Waals surface area contributed by atoms with Crippen molar-refractivity contribution in [1.29, 1.82) is 0 Å². The topological polar surface area (TPSA) is 60.5 Å². The van der Waals surface area contributed by atoms with Gasteiger partial charge in [0.05, 0.1) is 0 Å². The average molecular weight is 314 g/mol. The zero-order valence-corrected chi connectivity index (χ0v) is 13.5. The summed E-state index contributed by atoms with van der Waals surface area (Å²) < 4.78 is 11.1. The van der Waals surface area contributed by atoms with E-state index in [0.717, 1.165) is 12.8 Å². The molecule has 0 radical (unpaired) electrons. The van der Waals surface area contributed by atoms with Crippen molar-refractivity contribution in [3.8, 4) is 17.4 Å². The van der Waals surface area contributed by atoms with Crippen molar-refractivity contribution in [2.45, 2.75) is 32.7 Å². The number of nitrogens with zero attached hydrogens (tertiary/aromatic N) is 1. The first-order valence-corrected chi connectivity index (χ1v) is 7.78. The fraction of sp³-hybridized carbons (Fsp3) is 0.333. The van der Waals surface area contributed by atoms with Crippen LogP contribution < -0.4 is 14.8 Å². The molecular formula is C18H22N2O3. The van der Waals surface area contributed by atoms with Crippen molar-refractivity contribution < 1.29 is 14.3 Å². The first-order chi connectivity index (χ1) is 11.2. The molecule has 0 fully saturated rings. The zero-order valence-electron chi connectivity index (χ0n) is 13.5. The monoisotopic (exact) mass is 314 g/mol. The van der Waals surface area contributed by atoms with Crippen molar-refractivity contribution in [3.05, 3.63) is 48.7 Å². The van der Waals surface area contributed by atoms with E-state index in [-0.39, 0.29) is 18.6 Å². The third-order valence-electron chi connectivity index (χ3n) is 3.18. The summed E-state index contributed by atoms with van der Waals surface area (Å²) in [7, 11) is 0. The van der Waals surface area contributed by atoms with E-state index in [1.54, 1.807) is 36.5 Å². The summed E-state index contributed by atoms with van der Waals surface area (Å²) in [4.78, 5) is 15.8. The molecule has 5 nitrogen and oxygen atoms in total. The highest BCUT2D eigenvalue weighted by Crippen LogP contribution is 2.22. The maximum absolute atomic E-state index is 11.7. The van der Waals surface area contributed by atoms with Crippen molar-refractivity contribution in [1.82, 2.24) is 10.3 Å². The molecule has 23 heavy (non-hydrogen) atoms. The molecule has 0 bridgehead atoms. The molecule has 0 aliphatic heterocycles. The molecular weight excluding hydrogens is 292 g/mol. The molecule has 2 rings (SSSR count). The quantitative estimate of drug-likeness (QED) is 0.809. The van der Waals surface area contributed by atoms with Crippen LogP contribution in [0.2, 0.25) is 0 Å². The Bertz CT molecular complexity index is 599. The summed E-state index contributed by atoms with van der Waals surface area (Å²) in [6, 6.07) is 12.7. The number of rotatable bonds is 8. The Kier molecular flexibility index (Phi) is 6.41. The Morgan fingerprint density at radius 3 is 2.57 bits per heavy atom. The number of pyridine rings is 1. The van der Waals surface area contributed by atoms with Gasteiger partial charge in [0.1, 0.15) is 11.5 Å². The Hall–Kier alpha value is -2.56. The lowest BCUT2D eigenvalue weighted by Crippen LogP contribution is -2.35. The Balaban J connectivity index is 1.80. The molecule has 122 valence electrons. The highest BCUT2D eigenvalue weighted by atomic mass is 16.5. The number of hydrogen-bond donors (Lipinski definition) is 1. The second-order valence-corrected chi connectivity index (χ2v) is 5.29. The van der Waals surface area contributed by atoms with Gasteiger partial charge < -0.3 is 14.8 Å². The minimum atomic E-state index is -0.111. The molecule has 0 aliphatic carbocycles. The standard InChI is InChI=1S/C18H22N2O3/c1-3-6-14(2)20-17(21)13-22-15-8-10-16(11-9-15)23-18-7-4-5-12-19-18/h4-5,7-12,14H,3,6,13H2,1-2H3,(H,20,21)/t14-/m0/s1. The number of carbonyl (C=O) groups excluding carboxylic acids is 1. The molecule has 2 aromatic rings. The number of aromatic nitrogens is 1. The third-order valence-corrected chi connectivity index (χ3v) is 3.18. The molecule has 1 aromatic carbocycles. The van der Waals surface area contributed by atoms with Crippen molar-refractivity contribution in [3.63, 3.8) is 0 Å². The number of ether oxygens (including phenoxy) is 2. The lowest BCUT2D eigenvalue weighted by molar-refractivity contribution is -0.123. The highest BCUT2D eigenvalue weighted by molar-refractivity contribution is 5.77. The smallest absolute Gasteiger partial charge is 0.258 e. The third kappa shape index (κ3) is 5.98. The predicted octanol–water partition coefficient (Wildman–Crippen LogP) is 3.56. The van der Waals surface area contributed by atoms with E-state index in [1.807, 2.05) is 19.1 Å². The van der Waals surface area contributed by atoms with Gasteiger partial charge in [-0.15, -0.1) is 0 Å². The fourth-order valence-electron chi connectivity index (χ4n) is 2.10. The summed E-state index contributed by atoms with van der Waals surface area (Å²) in [6.07, 6.45) is 3.68. The van der Waals surface area contributed by atoms with Crippen LogP contribution >= 0.6 is 0 Å². The van der Waals surface area contributed by atoms with Crippen molar-refractivity contribution in [2.75, 3.05) is 6.61 Å². The minimum Gasteiger partial charge on any atom is -0.484 e. The SMILES string of the molecule is CCC[C@H](C)NC(=O)COc1ccc(Oc2ccccn2)cc1. The van der Waals surface area contributed by atoms with Gasteiger partial charge in [0.15, 0.2) is 6.61 Å². The number of carbonyl (C=O) groups is 1. The summed E-state index contributed by atoms with van der Waals surface area (Å²) in [5, 5.41) is 2.90. The summed E-state index contributed by atoms with van der Waals surface area (Å²) in [6.45, 7) is 4.09. The molecule has 1 N–H and O–H groups in total. The zero-order chi connectivity index (χ0) is 16.5. The molecule has 5 heteroatoms. The Morgan fingerprint density at radius 2 is 1.91 bits per heavy atom. The van der Waals surface area contributed by atoms with Crippen LogP contribution in [0.15, 0.2) is 48.7 Å². The molecule has 0 saturated heterocycles. The Labute approximate surface area is 136 Å². The van der Waals surface area contributed by atoms with Gasteiger partial charge >= 0.3 is 0 Å². The second kappa shape index (κ2) is 8.78. The van der Waals surface area contributed by atoms with E-state index in [4.69, 9.17) is 9.47 Å². The molecule has 1 heterocycles. The van der Waals surface area contributed by atoms with Crippen molar-refractivity contribution in [2.24, 2.45) is 0 Å². The average Bonchev–Trinajstić information content (AvgIpc) is 2.55. The van der Waals surface area contributed by atoms with Gasteiger partial charge in [-0.3, -0.25) is 4.79 Å². The van der Waals surface area contributed by atoms with Gasteiger partial charge in [-0.05, 0) is 43.7 Å². The van der Waals surface area contributed by atoms with Gasteiger partial charge in [-0.25, -0.2) is 4.98 Å². The first kappa shape index (κ1) is 16.8. The summed E-state index contributed by atoms with van der Waals surface area (Å²) in [5.41, 5.74) is 0. The maximum Gasteiger partial charge on any atom is 0.258 e. The van der Waals surface area contributed by atoms with E-state index < -0.39 is 0 Å². The predicted molar refractivity (Wildman–Crippen MR) is 88.8 cm³/mol. The molecule has 1 aromatic heterocycles. The lowest BCUT2D eigenvalue weighted by Gasteiger charge is -2.13. The van der Waals surface area contributed by atoms with E-state index in [2.05, 4.69) is 17.2 Å². The largest absolute Gasteiger partial charge is 0.484 e. The summed E-state index contributed by atoms with van der Waals surface area (Å²) >= 11 is 0. The fourth-order valence-corrected chi connectivity index (χ4v) is 2.10. The number of hydrogen-bond acceptors (Lipinski definition) is 4. The number of benzene rings is 1. The van der Waals surface area contributed by atoms with Crippen LogP contribution in [0, 0.1) is 0 Å². The lowest BCUT2D eigenvalue weighted by atomic mass is 10.2. The van der Waals surface area contributed by atoms with Crippen LogP contribution in [-0.4, -0.2) is 23.5 Å². The van der Waals surface area contributed by atoms with E-state index >= 15 is 0 Å². The summed E-state index contributed by atoms with van der Waals surface area (Å²) in [5.74, 6) is 1.71. The second-order valence-electron chi connectivity index (χ2n) is 5.29. The van der Waals surface area contributed by atoms with Crippen LogP contribution in [0.1, 0.15) is 26.7 Å². The van der Waals surface area contributed by atoms with Crippen LogP contribution in [0.5, 0.6) is 17.4 Å². The van der Waals surface area contributed by atoms with Gasteiger partial charge in [-0.1, -0.05) is 19.4 Å². The van der Waals surface area contributed by atoms with Crippen LogP contribution in [-0.2, 0) is 4.79 Å². The molecule has 1 amide bonds.